The van der Waals surface area contributed by atoms with Gasteiger partial charge < -0.3 is 14.8 Å². The number of rotatable bonds is 4. The molecule has 0 amide bonds. The molecule has 6 heteroatoms. The molecule has 0 unspecified atom stereocenters. The van der Waals surface area contributed by atoms with Gasteiger partial charge in [0.15, 0.2) is 5.11 Å². The Hall–Kier alpha value is -3.51. The molecule has 0 spiro atoms. The lowest BCUT2D eigenvalue weighted by molar-refractivity contribution is 0.548. The molecule has 5 rings (SSSR count). The molecular weight excluding hydrogens is 407 g/mol. The monoisotopic (exact) mass is 428 g/mol. The lowest BCUT2D eigenvalue weighted by Gasteiger charge is -2.29. The summed E-state index contributed by atoms with van der Waals surface area (Å²) in [6.45, 7) is 2.09. The zero-order valence-corrected chi connectivity index (χ0v) is 17.8. The molecule has 1 fully saturated rings. The number of halogens is 1. The number of thiocarbonyl (C=S) groups is 1. The fourth-order valence-corrected chi connectivity index (χ4v) is 4.60. The van der Waals surface area contributed by atoms with Gasteiger partial charge in [-0.1, -0.05) is 24.3 Å². The predicted octanol–water partition coefficient (Wildman–Crippen LogP) is 5.50. The van der Waals surface area contributed by atoms with Crippen LogP contribution in [0.1, 0.15) is 29.2 Å². The minimum atomic E-state index is -0.275. The summed E-state index contributed by atoms with van der Waals surface area (Å²) in [5, 5.41) is 4.05. The molecule has 0 radical (unpaired) electrons. The average Bonchev–Trinajstić information content (AvgIpc) is 3.35. The van der Waals surface area contributed by atoms with Crippen molar-refractivity contribution < 1.29 is 4.39 Å². The van der Waals surface area contributed by atoms with Crippen molar-refractivity contribution in [1.82, 2.24) is 14.9 Å². The molecule has 2 atom stereocenters. The normalized spacial score (nSPS) is 18.3. The van der Waals surface area contributed by atoms with Crippen molar-refractivity contribution in [3.05, 3.63) is 114 Å². The molecule has 1 aliphatic rings. The number of hydrogen-bond acceptors (Lipinski definition) is 2. The predicted molar refractivity (Wildman–Crippen MR) is 125 cm³/mol. The van der Waals surface area contributed by atoms with E-state index in [-0.39, 0.29) is 17.9 Å². The second-order valence-electron chi connectivity index (χ2n) is 7.54. The zero-order chi connectivity index (χ0) is 21.4. The number of nitrogens with zero attached hydrogens (tertiary/aromatic N) is 3. The van der Waals surface area contributed by atoms with Gasteiger partial charge in [0, 0.05) is 29.0 Å². The van der Waals surface area contributed by atoms with E-state index in [0.717, 1.165) is 28.5 Å². The van der Waals surface area contributed by atoms with E-state index in [9.17, 15) is 4.39 Å². The van der Waals surface area contributed by atoms with E-state index in [1.165, 1.54) is 12.1 Å². The standard InChI is InChI=1S/C25H21FN4S/c1-17-10-15-22(29(17)19-7-3-2-4-8-19)24-23(21-9-5-6-16-27-21)28-25(31)30(24)20-13-11-18(26)12-14-20/h2-16,23-24H,1H3,(H,28,31)/t23-,24-/m1/s1. The van der Waals surface area contributed by atoms with Crippen molar-refractivity contribution in [3.8, 4) is 5.69 Å². The minimum absolute atomic E-state index is 0.157. The van der Waals surface area contributed by atoms with Crippen LogP contribution in [0.4, 0.5) is 10.1 Å². The van der Waals surface area contributed by atoms with Crippen LogP contribution in [0.25, 0.3) is 5.69 Å². The molecule has 0 saturated carbocycles. The Balaban J connectivity index is 1.70. The van der Waals surface area contributed by atoms with Gasteiger partial charge in [-0.15, -0.1) is 0 Å². The Morgan fingerprint density at radius 3 is 2.32 bits per heavy atom. The highest BCUT2D eigenvalue weighted by Gasteiger charge is 2.42. The molecule has 1 saturated heterocycles. The summed E-state index contributed by atoms with van der Waals surface area (Å²) in [5.74, 6) is -0.275. The lowest BCUT2D eigenvalue weighted by atomic mass is 10.0. The Morgan fingerprint density at radius 1 is 0.871 bits per heavy atom. The number of para-hydroxylation sites is 1. The molecule has 4 aromatic rings. The van der Waals surface area contributed by atoms with Crippen LogP contribution in [0.2, 0.25) is 0 Å². The first-order valence-corrected chi connectivity index (χ1v) is 10.5. The highest BCUT2D eigenvalue weighted by Crippen LogP contribution is 2.42. The van der Waals surface area contributed by atoms with Crippen molar-refractivity contribution in [3.63, 3.8) is 0 Å². The fourth-order valence-electron chi connectivity index (χ4n) is 4.25. The molecule has 0 aliphatic carbocycles. The first-order valence-electron chi connectivity index (χ1n) is 10.1. The van der Waals surface area contributed by atoms with Crippen LogP contribution in [-0.2, 0) is 0 Å². The van der Waals surface area contributed by atoms with Crippen molar-refractivity contribution in [2.24, 2.45) is 0 Å². The first kappa shape index (κ1) is 19.5. The van der Waals surface area contributed by atoms with Gasteiger partial charge in [0.1, 0.15) is 11.9 Å². The summed E-state index contributed by atoms with van der Waals surface area (Å²) in [4.78, 5) is 6.66. The van der Waals surface area contributed by atoms with Crippen LogP contribution in [0.3, 0.4) is 0 Å². The molecule has 4 nitrogen and oxygen atoms in total. The average molecular weight is 429 g/mol. The van der Waals surface area contributed by atoms with Gasteiger partial charge in [0.25, 0.3) is 0 Å². The molecule has 0 bridgehead atoms. The van der Waals surface area contributed by atoms with Crippen LogP contribution in [0.15, 0.2) is 91.1 Å². The third-order valence-corrected chi connectivity index (χ3v) is 5.94. The maximum absolute atomic E-state index is 13.6. The molecule has 3 heterocycles. The third-order valence-electron chi connectivity index (χ3n) is 5.63. The van der Waals surface area contributed by atoms with Crippen LogP contribution >= 0.6 is 12.2 Å². The Kier molecular flexibility index (Phi) is 5.00. The van der Waals surface area contributed by atoms with Gasteiger partial charge in [0.05, 0.1) is 11.7 Å². The van der Waals surface area contributed by atoms with Crippen molar-refractivity contribution in [1.29, 1.82) is 0 Å². The van der Waals surface area contributed by atoms with Gasteiger partial charge in [-0.2, -0.15) is 0 Å². The maximum Gasteiger partial charge on any atom is 0.174 e. The second-order valence-corrected chi connectivity index (χ2v) is 7.93. The fraction of sp³-hybridized carbons (Fsp3) is 0.120. The summed E-state index contributed by atoms with van der Waals surface area (Å²) in [6.07, 6.45) is 1.79. The van der Waals surface area contributed by atoms with Crippen molar-refractivity contribution in [2.45, 2.75) is 19.0 Å². The van der Waals surface area contributed by atoms with E-state index in [1.807, 2.05) is 36.4 Å². The zero-order valence-electron chi connectivity index (χ0n) is 16.9. The summed E-state index contributed by atoms with van der Waals surface area (Å²) >= 11 is 5.76. The Morgan fingerprint density at radius 2 is 1.61 bits per heavy atom. The van der Waals surface area contributed by atoms with Gasteiger partial charge in [-0.05, 0) is 79.8 Å². The summed E-state index contributed by atoms with van der Waals surface area (Å²) < 4.78 is 15.9. The van der Waals surface area contributed by atoms with Crippen LogP contribution < -0.4 is 10.2 Å². The number of nitrogens with one attached hydrogen (secondary N) is 1. The van der Waals surface area contributed by atoms with E-state index >= 15 is 0 Å². The van der Waals surface area contributed by atoms with Gasteiger partial charge in [-0.3, -0.25) is 4.98 Å². The van der Waals surface area contributed by atoms with Crippen LogP contribution in [0, 0.1) is 12.7 Å². The van der Waals surface area contributed by atoms with Gasteiger partial charge in [0.2, 0.25) is 0 Å². The smallest absolute Gasteiger partial charge is 0.174 e. The molecule has 154 valence electrons. The largest absolute Gasteiger partial charge is 0.351 e. The maximum atomic E-state index is 13.6. The third kappa shape index (κ3) is 3.49. The van der Waals surface area contributed by atoms with E-state index in [1.54, 1.807) is 18.3 Å². The van der Waals surface area contributed by atoms with Crippen LogP contribution in [-0.4, -0.2) is 14.7 Å². The SMILES string of the molecule is Cc1ccc([C@@H]2[C@@H](c3ccccn3)NC(=S)N2c2ccc(F)cc2)n1-c1ccccc1. The van der Waals surface area contributed by atoms with Crippen molar-refractivity contribution in [2.75, 3.05) is 4.90 Å². The summed E-state index contributed by atoms with van der Waals surface area (Å²) in [5.41, 5.74) is 5.02. The number of hydrogen-bond donors (Lipinski definition) is 1. The number of anilines is 1. The first-order chi connectivity index (χ1) is 15.1. The summed E-state index contributed by atoms with van der Waals surface area (Å²) in [6, 6.07) is 26.5. The second kappa shape index (κ2) is 7.96. The quantitative estimate of drug-likeness (QED) is 0.435. The molecule has 1 aliphatic heterocycles. The topological polar surface area (TPSA) is 33.1 Å². The summed E-state index contributed by atoms with van der Waals surface area (Å²) in [7, 11) is 0. The molecular formula is C25H21FN4S. The molecule has 2 aromatic carbocycles. The van der Waals surface area contributed by atoms with E-state index < -0.39 is 0 Å². The highest BCUT2D eigenvalue weighted by molar-refractivity contribution is 7.80. The highest BCUT2D eigenvalue weighted by atomic mass is 32.1. The number of aryl methyl sites for hydroxylation is 1. The van der Waals surface area contributed by atoms with Gasteiger partial charge >= 0.3 is 0 Å². The van der Waals surface area contributed by atoms with E-state index in [0.29, 0.717) is 5.11 Å². The van der Waals surface area contributed by atoms with Gasteiger partial charge in [-0.25, -0.2) is 4.39 Å². The van der Waals surface area contributed by atoms with E-state index in [4.69, 9.17) is 12.2 Å². The molecule has 1 N–H and O–H groups in total. The molecule has 2 aromatic heterocycles. The number of benzene rings is 2. The van der Waals surface area contributed by atoms with Crippen LogP contribution in [0.5, 0.6) is 0 Å². The van der Waals surface area contributed by atoms with Crippen molar-refractivity contribution >= 4 is 23.0 Å². The Labute approximate surface area is 186 Å². The number of pyridine rings is 1. The minimum Gasteiger partial charge on any atom is -0.351 e. The number of aromatic nitrogens is 2. The molecule has 31 heavy (non-hydrogen) atoms. The van der Waals surface area contributed by atoms with E-state index in [2.05, 4.69) is 51.0 Å². The Bertz CT molecular complexity index is 1210. The lowest BCUT2D eigenvalue weighted by Crippen LogP contribution is -2.30.